The fraction of sp³-hybridized carbons (Fsp3) is 0.500. The third kappa shape index (κ3) is 11.6. The van der Waals surface area contributed by atoms with Gasteiger partial charge in [-0.25, -0.2) is 0 Å². The Kier molecular flexibility index (Phi) is 15.5. The number of amides is 2. The van der Waals surface area contributed by atoms with Crippen LogP contribution in [0.5, 0.6) is 0 Å². The Bertz CT molecular complexity index is 691. The first kappa shape index (κ1) is 29.0. The third-order valence-electron chi connectivity index (χ3n) is 3.28. The highest BCUT2D eigenvalue weighted by molar-refractivity contribution is 8.82. The van der Waals surface area contributed by atoms with Crippen molar-refractivity contribution in [1.29, 1.82) is 0 Å². The summed E-state index contributed by atoms with van der Waals surface area (Å²) in [6.07, 6.45) is 0. The standard InChI is InChI=1S/C16H24N4O4S7/c17-9(7-25)15(23)30-27-5-3-19-13(21)11-1-2-12(29-11)14(22)20-4-6-28-31-16(24)10(18)8-26/h1-2,9-10,25-26H,3-8,17-18H2,(H,19,21)(H,20,22)/t9-,10-/m0/s1. The second kappa shape index (κ2) is 16.6. The van der Waals surface area contributed by atoms with E-state index in [9.17, 15) is 19.2 Å². The molecular formula is C16H24N4O4S7. The van der Waals surface area contributed by atoms with Crippen LogP contribution in [0.25, 0.3) is 0 Å². The van der Waals surface area contributed by atoms with Crippen molar-refractivity contribution in [2.24, 2.45) is 11.5 Å². The Balaban J connectivity index is 2.26. The van der Waals surface area contributed by atoms with Crippen LogP contribution in [0.3, 0.4) is 0 Å². The van der Waals surface area contributed by atoms with Crippen LogP contribution in [0.4, 0.5) is 0 Å². The van der Waals surface area contributed by atoms with E-state index in [1.807, 2.05) is 0 Å². The maximum Gasteiger partial charge on any atom is 0.261 e. The highest BCUT2D eigenvalue weighted by atomic mass is 33.1. The zero-order valence-electron chi connectivity index (χ0n) is 16.3. The predicted molar refractivity (Wildman–Crippen MR) is 143 cm³/mol. The van der Waals surface area contributed by atoms with Crippen molar-refractivity contribution in [1.82, 2.24) is 10.6 Å². The minimum Gasteiger partial charge on any atom is -0.350 e. The van der Waals surface area contributed by atoms with Gasteiger partial charge in [0.25, 0.3) is 11.8 Å². The Morgan fingerprint density at radius 1 is 0.839 bits per heavy atom. The number of rotatable bonds is 14. The van der Waals surface area contributed by atoms with Gasteiger partial charge in [0.1, 0.15) is 0 Å². The largest absolute Gasteiger partial charge is 0.350 e. The van der Waals surface area contributed by atoms with Crippen LogP contribution in [0, 0.1) is 0 Å². The Morgan fingerprint density at radius 2 is 1.23 bits per heavy atom. The molecule has 2 atom stereocenters. The molecule has 6 N–H and O–H groups in total. The molecule has 1 aromatic rings. The fourth-order valence-corrected chi connectivity index (χ4v) is 6.68. The van der Waals surface area contributed by atoms with E-state index >= 15 is 0 Å². The number of thiol groups is 2. The SMILES string of the molecule is N[C@@H](CS)C(=O)SSCCNC(=O)c1ccc(C(=O)NCCSSC(=O)[C@@H](N)CS)s1. The summed E-state index contributed by atoms with van der Waals surface area (Å²) >= 11 is 9.04. The lowest BCUT2D eigenvalue weighted by atomic mass is 10.4. The molecule has 2 amide bonds. The average Bonchev–Trinajstić information content (AvgIpc) is 3.27. The number of nitrogens with one attached hydrogen (secondary N) is 2. The molecule has 1 aromatic heterocycles. The Hall–Kier alpha value is -0.000000000000000305. The number of thiophene rings is 1. The van der Waals surface area contributed by atoms with Crippen molar-refractivity contribution in [3.05, 3.63) is 21.9 Å². The summed E-state index contributed by atoms with van der Waals surface area (Å²) in [7, 11) is 4.72. The second-order valence-corrected chi connectivity index (χ2v) is 12.4. The number of hydrogen-bond donors (Lipinski definition) is 6. The monoisotopic (exact) mass is 560 g/mol. The van der Waals surface area contributed by atoms with E-state index in [0.717, 1.165) is 32.9 Å². The van der Waals surface area contributed by atoms with Gasteiger partial charge in [-0.1, -0.05) is 21.6 Å². The van der Waals surface area contributed by atoms with E-state index in [1.165, 1.54) is 21.6 Å². The molecule has 0 radical (unpaired) electrons. The molecule has 0 aromatic carbocycles. The smallest absolute Gasteiger partial charge is 0.261 e. The molecule has 0 aliphatic heterocycles. The summed E-state index contributed by atoms with van der Waals surface area (Å²) in [5.41, 5.74) is 11.1. The molecule has 0 bridgehead atoms. The van der Waals surface area contributed by atoms with Gasteiger partial charge in [0.05, 0.1) is 21.8 Å². The van der Waals surface area contributed by atoms with E-state index in [0.29, 0.717) is 45.9 Å². The summed E-state index contributed by atoms with van der Waals surface area (Å²) in [6.45, 7) is 0.758. The topological polar surface area (TPSA) is 144 Å². The highest BCUT2D eigenvalue weighted by Crippen LogP contribution is 2.24. The van der Waals surface area contributed by atoms with Gasteiger partial charge in [-0.2, -0.15) is 25.3 Å². The van der Waals surface area contributed by atoms with Gasteiger partial charge in [0.15, 0.2) is 0 Å². The van der Waals surface area contributed by atoms with Gasteiger partial charge in [-0.3, -0.25) is 19.2 Å². The average molecular weight is 561 g/mol. The molecule has 31 heavy (non-hydrogen) atoms. The quantitative estimate of drug-likeness (QED) is 0.113. The summed E-state index contributed by atoms with van der Waals surface area (Å²) in [4.78, 5) is 48.3. The second-order valence-electron chi connectivity index (χ2n) is 5.70. The first-order valence-electron chi connectivity index (χ1n) is 8.85. The van der Waals surface area contributed by atoms with E-state index in [-0.39, 0.29) is 22.0 Å². The molecule has 0 spiro atoms. The molecular weight excluding hydrogens is 537 g/mol. The molecule has 0 unspecified atom stereocenters. The first-order valence-corrected chi connectivity index (χ1v) is 15.6. The van der Waals surface area contributed by atoms with E-state index < -0.39 is 12.1 Å². The Morgan fingerprint density at radius 3 is 1.58 bits per heavy atom. The maximum atomic E-state index is 12.2. The van der Waals surface area contributed by atoms with E-state index in [1.54, 1.807) is 12.1 Å². The molecule has 1 heterocycles. The van der Waals surface area contributed by atoms with Crippen molar-refractivity contribution in [2.75, 3.05) is 36.1 Å². The number of carbonyl (C=O) groups is 4. The lowest BCUT2D eigenvalue weighted by Crippen LogP contribution is -2.29. The summed E-state index contributed by atoms with van der Waals surface area (Å²) in [5, 5.41) is 5.20. The summed E-state index contributed by atoms with van der Waals surface area (Å²) in [5.74, 6) is 1.10. The fourth-order valence-electron chi connectivity index (χ4n) is 1.64. The van der Waals surface area contributed by atoms with Crippen LogP contribution < -0.4 is 22.1 Å². The first-order chi connectivity index (χ1) is 14.8. The van der Waals surface area contributed by atoms with Crippen molar-refractivity contribution < 1.29 is 19.2 Å². The van der Waals surface area contributed by atoms with Gasteiger partial charge < -0.3 is 22.1 Å². The molecule has 15 heteroatoms. The van der Waals surface area contributed by atoms with Crippen LogP contribution in [-0.4, -0.2) is 70.2 Å². The van der Waals surface area contributed by atoms with Crippen LogP contribution in [0.1, 0.15) is 19.3 Å². The van der Waals surface area contributed by atoms with Crippen molar-refractivity contribution >= 4 is 102 Å². The highest BCUT2D eigenvalue weighted by Gasteiger charge is 2.15. The molecule has 0 fully saturated rings. The van der Waals surface area contributed by atoms with Gasteiger partial charge in [0, 0.05) is 36.1 Å². The van der Waals surface area contributed by atoms with Gasteiger partial charge in [-0.05, 0) is 33.7 Å². The van der Waals surface area contributed by atoms with Gasteiger partial charge in [-0.15, -0.1) is 11.3 Å². The van der Waals surface area contributed by atoms with E-state index in [4.69, 9.17) is 11.5 Å². The molecule has 8 nitrogen and oxygen atoms in total. The molecule has 0 saturated heterocycles. The van der Waals surface area contributed by atoms with Crippen LogP contribution in [0.15, 0.2) is 12.1 Å². The minimum absolute atomic E-state index is 0.148. The summed E-state index contributed by atoms with van der Waals surface area (Å²) in [6, 6.07) is 1.99. The molecule has 0 aliphatic carbocycles. The molecule has 1 rings (SSSR count). The molecule has 0 aliphatic rings. The third-order valence-corrected chi connectivity index (χ3v) is 9.75. The van der Waals surface area contributed by atoms with Crippen LogP contribution >= 0.6 is 79.8 Å². The zero-order valence-corrected chi connectivity index (χ0v) is 22.1. The minimum atomic E-state index is -0.595. The van der Waals surface area contributed by atoms with E-state index in [2.05, 4.69) is 35.9 Å². The lowest BCUT2D eigenvalue weighted by molar-refractivity contribution is -0.112. The van der Waals surface area contributed by atoms with Gasteiger partial charge >= 0.3 is 0 Å². The summed E-state index contributed by atoms with van der Waals surface area (Å²) < 4.78 is 0. The van der Waals surface area contributed by atoms with Crippen LogP contribution in [0.2, 0.25) is 0 Å². The number of nitrogens with two attached hydrogens (primary N) is 2. The van der Waals surface area contributed by atoms with Crippen molar-refractivity contribution in [3.63, 3.8) is 0 Å². The normalized spacial score (nSPS) is 12.8. The van der Waals surface area contributed by atoms with Crippen molar-refractivity contribution in [2.45, 2.75) is 12.1 Å². The maximum absolute atomic E-state index is 12.2. The van der Waals surface area contributed by atoms with Crippen molar-refractivity contribution in [3.8, 4) is 0 Å². The van der Waals surface area contributed by atoms with Crippen LogP contribution in [-0.2, 0) is 9.59 Å². The number of hydrogen-bond acceptors (Lipinski definition) is 13. The Labute approximate surface area is 211 Å². The zero-order chi connectivity index (χ0) is 23.2. The van der Waals surface area contributed by atoms with Gasteiger partial charge in [0.2, 0.25) is 10.2 Å². The molecule has 174 valence electrons. The molecule has 0 saturated carbocycles. The predicted octanol–water partition coefficient (Wildman–Crippen LogP) is 1.54. The number of carbonyl (C=O) groups excluding carboxylic acids is 4. The lowest BCUT2D eigenvalue weighted by Gasteiger charge is -2.06.